The summed E-state index contributed by atoms with van der Waals surface area (Å²) in [5, 5.41) is 5.77. The Hall–Kier alpha value is -3.93. The van der Waals surface area contributed by atoms with Crippen LogP contribution in [-0.2, 0) is 11.2 Å². The molecule has 0 atom stereocenters. The Balaban J connectivity index is 1.53. The number of rotatable bonds is 4. The highest BCUT2D eigenvalue weighted by Crippen LogP contribution is 2.30. The molecular formula is C26H25N3O3. The Labute approximate surface area is 187 Å². The van der Waals surface area contributed by atoms with Gasteiger partial charge in [-0.05, 0) is 67.8 Å². The third-order valence-corrected chi connectivity index (χ3v) is 5.54. The third-order valence-electron chi connectivity index (χ3n) is 5.54. The fourth-order valence-electron chi connectivity index (χ4n) is 3.97. The summed E-state index contributed by atoms with van der Waals surface area (Å²) in [6.07, 6.45) is 1.74. The van der Waals surface area contributed by atoms with Gasteiger partial charge in [0.25, 0.3) is 11.8 Å². The number of carbonyl (C=O) groups is 3. The van der Waals surface area contributed by atoms with Gasteiger partial charge in [0, 0.05) is 30.4 Å². The molecule has 0 aliphatic carbocycles. The molecule has 1 aliphatic rings. The van der Waals surface area contributed by atoms with Crippen LogP contribution in [0.1, 0.15) is 45.2 Å². The first kappa shape index (κ1) is 21.3. The van der Waals surface area contributed by atoms with Gasteiger partial charge in [0.05, 0.1) is 11.3 Å². The highest BCUT2D eigenvalue weighted by Gasteiger charge is 2.21. The number of fused-ring (bicyclic) bond motifs is 1. The van der Waals surface area contributed by atoms with Crippen LogP contribution >= 0.6 is 0 Å². The number of hydrogen-bond donors (Lipinski definition) is 2. The van der Waals surface area contributed by atoms with Crippen LogP contribution in [0.5, 0.6) is 0 Å². The minimum absolute atomic E-state index is 0.0148. The van der Waals surface area contributed by atoms with Crippen molar-refractivity contribution in [1.29, 1.82) is 0 Å². The van der Waals surface area contributed by atoms with E-state index < -0.39 is 0 Å². The van der Waals surface area contributed by atoms with Gasteiger partial charge >= 0.3 is 0 Å². The quantitative estimate of drug-likeness (QED) is 0.628. The molecule has 162 valence electrons. The highest BCUT2D eigenvalue weighted by molar-refractivity contribution is 6.12. The molecule has 6 nitrogen and oxygen atoms in total. The molecule has 6 heteroatoms. The number of amides is 3. The predicted octanol–water partition coefficient (Wildman–Crippen LogP) is 4.80. The lowest BCUT2D eigenvalue weighted by Gasteiger charge is -2.29. The minimum atomic E-state index is -0.315. The van der Waals surface area contributed by atoms with E-state index >= 15 is 0 Å². The topological polar surface area (TPSA) is 78.5 Å². The molecule has 0 saturated heterocycles. The van der Waals surface area contributed by atoms with Gasteiger partial charge < -0.3 is 15.5 Å². The summed E-state index contributed by atoms with van der Waals surface area (Å²) in [6.45, 7) is 4.20. The van der Waals surface area contributed by atoms with E-state index in [1.54, 1.807) is 54.3 Å². The predicted molar refractivity (Wildman–Crippen MR) is 126 cm³/mol. The van der Waals surface area contributed by atoms with Crippen molar-refractivity contribution in [3.05, 3.63) is 89.0 Å². The van der Waals surface area contributed by atoms with Gasteiger partial charge in [-0.1, -0.05) is 29.8 Å². The van der Waals surface area contributed by atoms with Crippen molar-refractivity contribution in [2.45, 2.75) is 26.7 Å². The van der Waals surface area contributed by atoms with Gasteiger partial charge in [-0.15, -0.1) is 0 Å². The molecule has 3 amide bonds. The Bertz CT molecular complexity index is 1200. The first-order valence-electron chi connectivity index (χ1n) is 10.6. The molecule has 0 aromatic heterocycles. The molecule has 4 rings (SSSR count). The zero-order valence-electron chi connectivity index (χ0n) is 18.1. The average Bonchev–Trinajstić information content (AvgIpc) is 2.78. The van der Waals surface area contributed by atoms with Crippen molar-refractivity contribution in [3.63, 3.8) is 0 Å². The van der Waals surface area contributed by atoms with Gasteiger partial charge in [0.1, 0.15) is 0 Å². The second kappa shape index (κ2) is 9.06. The summed E-state index contributed by atoms with van der Waals surface area (Å²) in [6, 6.07) is 19.8. The van der Waals surface area contributed by atoms with Crippen molar-refractivity contribution >= 4 is 34.8 Å². The molecule has 0 unspecified atom stereocenters. The first-order chi connectivity index (χ1) is 15.4. The fraction of sp³-hybridized carbons (Fsp3) is 0.192. The molecule has 0 spiro atoms. The molecule has 1 aliphatic heterocycles. The zero-order valence-corrected chi connectivity index (χ0v) is 18.1. The summed E-state index contributed by atoms with van der Waals surface area (Å²) < 4.78 is 0. The molecular weight excluding hydrogens is 402 g/mol. The number of nitrogens with zero attached hydrogens (tertiary/aromatic N) is 1. The summed E-state index contributed by atoms with van der Waals surface area (Å²) in [7, 11) is 0. The molecule has 0 saturated carbocycles. The number of para-hydroxylation sites is 1. The molecule has 32 heavy (non-hydrogen) atoms. The Kier molecular flexibility index (Phi) is 6.03. The van der Waals surface area contributed by atoms with Crippen molar-refractivity contribution in [2.75, 3.05) is 22.1 Å². The van der Waals surface area contributed by atoms with E-state index in [1.165, 1.54) is 0 Å². The number of aryl methyl sites for hydroxylation is 2. The SMILES string of the molecule is CC(=O)N1CCCc2cc(NC(=O)c3ccccc3NC(=O)c3cccc(C)c3)ccc21. The normalized spacial score (nSPS) is 12.6. The molecule has 0 radical (unpaired) electrons. The van der Waals surface area contributed by atoms with Gasteiger partial charge in [-0.3, -0.25) is 14.4 Å². The summed E-state index contributed by atoms with van der Waals surface area (Å²) in [5.41, 5.74) is 4.91. The van der Waals surface area contributed by atoms with Crippen molar-refractivity contribution in [2.24, 2.45) is 0 Å². The van der Waals surface area contributed by atoms with Gasteiger partial charge in [-0.25, -0.2) is 0 Å². The Morgan fingerprint density at radius 3 is 2.47 bits per heavy atom. The second-order valence-corrected chi connectivity index (χ2v) is 7.94. The number of anilines is 3. The van der Waals surface area contributed by atoms with Crippen LogP contribution in [-0.4, -0.2) is 24.3 Å². The van der Waals surface area contributed by atoms with Crippen molar-refractivity contribution < 1.29 is 14.4 Å². The highest BCUT2D eigenvalue weighted by atomic mass is 16.2. The van der Waals surface area contributed by atoms with Gasteiger partial charge in [0.15, 0.2) is 0 Å². The number of carbonyl (C=O) groups excluding carboxylic acids is 3. The average molecular weight is 428 g/mol. The van der Waals surface area contributed by atoms with Crippen LogP contribution in [0.15, 0.2) is 66.7 Å². The van der Waals surface area contributed by atoms with Crippen LogP contribution < -0.4 is 15.5 Å². The largest absolute Gasteiger partial charge is 0.322 e. The molecule has 1 heterocycles. The smallest absolute Gasteiger partial charge is 0.257 e. The Morgan fingerprint density at radius 1 is 0.875 bits per heavy atom. The monoisotopic (exact) mass is 427 g/mol. The number of hydrogen-bond acceptors (Lipinski definition) is 3. The lowest BCUT2D eigenvalue weighted by atomic mass is 10.0. The van der Waals surface area contributed by atoms with E-state index in [0.29, 0.717) is 29.0 Å². The van der Waals surface area contributed by atoms with Crippen LogP contribution in [0.2, 0.25) is 0 Å². The fourth-order valence-corrected chi connectivity index (χ4v) is 3.97. The van der Waals surface area contributed by atoms with E-state index in [2.05, 4.69) is 10.6 Å². The maximum absolute atomic E-state index is 13.0. The van der Waals surface area contributed by atoms with E-state index in [-0.39, 0.29) is 17.7 Å². The standard InChI is InChI=1S/C26H25N3O3/c1-17-7-5-8-20(15-17)25(31)28-23-11-4-3-10-22(23)26(32)27-21-12-13-24-19(16-21)9-6-14-29(24)18(2)30/h3-5,7-8,10-13,15-16H,6,9,14H2,1-2H3,(H,27,32)(H,28,31). The molecule has 0 fully saturated rings. The minimum Gasteiger partial charge on any atom is -0.322 e. The molecule has 3 aromatic carbocycles. The van der Waals surface area contributed by atoms with E-state index in [1.807, 2.05) is 31.2 Å². The van der Waals surface area contributed by atoms with Crippen LogP contribution in [0.4, 0.5) is 17.1 Å². The van der Waals surface area contributed by atoms with E-state index in [4.69, 9.17) is 0 Å². The lowest BCUT2D eigenvalue weighted by Crippen LogP contribution is -2.33. The Morgan fingerprint density at radius 2 is 1.69 bits per heavy atom. The van der Waals surface area contributed by atoms with Crippen LogP contribution in [0.25, 0.3) is 0 Å². The molecule has 0 bridgehead atoms. The van der Waals surface area contributed by atoms with Crippen molar-refractivity contribution in [3.8, 4) is 0 Å². The van der Waals surface area contributed by atoms with E-state index in [0.717, 1.165) is 29.7 Å². The molecule has 3 aromatic rings. The summed E-state index contributed by atoms with van der Waals surface area (Å²) >= 11 is 0. The number of benzene rings is 3. The maximum Gasteiger partial charge on any atom is 0.257 e. The molecule has 2 N–H and O–H groups in total. The summed E-state index contributed by atoms with van der Waals surface area (Å²) in [4.78, 5) is 39.3. The van der Waals surface area contributed by atoms with Crippen LogP contribution in [0, 0.1) is 6.92 Å². The maximum atomic E-state index is 13.0. The third kappa shape index (κ3) is 4.54. The number of nitrogens with one attached hydrogen (secondary N) is 2. The second-order valence-electron chi connectivity index (χ2n) is 7.94. The van der Waals surface area contributed by atoms with Crippen molar-refractivity contribution in [1.82, 2.24) is 0 Å². The first-order valence-corrected chi connectivity index (χ1v) is 10.6. The zero-order chi connectivity index (χ0) is 22.7. The lowest BCUT2D eigenvalue weighted by molar-refractivity contribution is -0.116. The van der Waals surface area contributed by atoms with E-state index in [9.17, 15) is 14.4 Å². The van der Waals surface area contributed by atoms with Gasteiger partial charge in [-0.2, -0.15) is 0 Å². The van der Waals surface area contributed by atoms with Crippen LogP contribution in [0.3, 0.4) is 0 Å². The van der Waals surface area contributed by atoms with Gasteiger partial charge in [0.2, 0.25) is 5.91 Å². The summed E-state index contributed by atoms with van der Waals surface area (Å²) in [5.74, 6) is -0.572.